The molecule has 1 heterocycles. The molecular weight excluding hydrogens is 188 g/mol. The number of benzene rings is 1. The summed E-state index contributed by atoms with van der Waals surface area (Å²) in [6, 6.07) is 6.42. The standard InChI is InChI=1S/C12H18N2O/c1-13-9-14(2)11-5-6-12-10(8-11)4-3-7-15-12/h5-6,8,13H,3-4,7,9H2,1-2H3. The lowest BCUT2D eigenvalue weighted by Gasteiger charge is -2.22. The molecular formula is C12H18N2O. The van der Waals surface area contributed by atoms with Crippen LogP contribution in [-0.2, 0) is 6.42 Å². The third-order valence-corrected chi connectivity index (χ3v) is 2.73. The van der Waals surface area contributed by atoms with Crippen molar-refractivity contribution in [1.82, 2.24) is 5.32 Å². The molecule has 0 bridgehead atoms. The van der Waals surface area contributed by atoms with Gasteiger partial charge in [0.25, 0.3) is 0 Å². The van der Waals surface area contributed by atoms with Crippen LogP contribution in [0.5, 0.6) is 5.75 Å². The van der Waals surface area contributed by atoms with Gasteiger partial charge in [-0.1, -0.05) is 0 Å². The Balaban J connectivity index is 2.20. The van der Waals surface area contributed by atoms with Gasteiger partial charge in [-0.2, -0.15) is 0 Å². The number of hydrogen-bond acceptors (Lipinski definition) is 3. The summed E-state index contributed by atoms with van der Waals surface area (Å²) >= 11 is 0. The van der Waals surface area contributed by atoms with Crippen molar-refractivity contribution in [2.75, 3.05) is 32.3 Å². The molecule has 82 valence electrons. The summed E-state index contributed by atoms with van der Waals surface area (Å²) in [5.41, 5.74) is 2.58. The molecule has 0 saturated heterocycles. The van der Waals surface area contributed by atoms with E-state index in [0.717, 1.165) is 31.9 Å². The zero-order chi connectivity index (χ0) is 10.7. The highest BCUT2D eigenvalue weighted by Crippen LogP contribution is 2.28. The van der Waals surface area contributed by atoms with Crippen LogP contribution in [0.15, 0.2) is 18.2 Å². The lowest BCUT2D eigenvalue weighted by Crippen LogP contribution is -2.28. The monoisotopic (exact) mass is 206 g/mol. The zero-order valence-electron chi connectivity index (χ0n) is 9.42. The van der Waals surface area contributed by atoms with E-state index in [1.54, 1.807) is 0 Å². The maximum absolute atomic E-state index is 5.58. The van der Waals surface area contributed by atoms with E-state index in [1.807, 2.05) is 7.05 Å². The Hall–Kier alpha value is -1.22. The number of anilines is 1. The van der Waals surface area contributed by atoms with Crippen LogP contribution in [0.4, 0.5) is 5.69 Å². The molecule has 0 amide bonds. The van der Waals surface area contributed by atoms with Crippen molar-refractivity contribution in [2.24, 2.45) is 0 Å². The topological polar surface area (TPSA) is 24.5 Å². The fourth-order valence-corrected chi connectivity index (χ4v) is 1.91. The summed E-state index contributed by atoms with van der Waals surface area (Å²) in [4.78, 5) is 2.19. The number of nitrogens with one attached hydrogen (secondary N) is 1. The fraction of sp³-hybridized carbons (Fsp3) is 0.500. The average molecular weight is 206 g/mol. The highest BCUT2D eigenvalue weighted by molar-refractivity contribution is 5.53. The van der Waals surface area contributed by atoms with Crippen LogP contribution in [0.2, 0.25) is 0 Å². The maximum Gasteiger partial charge on any atom is 0.122 e. The minimum Gasteiger partial charge on any atom is -0.493 e. The molecule has 0 aromatic heterocycles. The van der Waals surface area contributed by atoms with Gasteiger partial charge in [0.1, 0.15) is 5.75 Å². The van der Waals surface area contributed by atoms with Crippen molar-refractivity contribution in [3.05, 3.63) is 23.8 Å². The zero-order valence-corrected chi connectivity index (χ0v) is 9.42. The van der Waals surface area contributed by atoms with E-state index in [2.05, 4.69) is 35.5 Å². The molecule has 3 heteroatoms. The lowest BCUT2D eigenvalue weighted by atomic mass is 10.1. The number of hydrogen-bond donors (Lipinski definition) is 1. The largest absolute Gasteiger partial charge is 0.493 e. The van der Waals surface area contributed by atoms with Gasteiger partial charge in [0.2, 0.25) is 0 Å². The Morgan fingerprint density at radius 1 is 1.47 bits per heavy atom. The van der Waals surface area contributed by atoms with E-state index in [-0.39, 0.29) is 0 Å². The van der Waals surface area contributed by atoms with Crippen molar-refractivity contribution in [3.8, 4) is 5.75 Å². The fourth-order valence-electron chi connectivity index (χ4n) is 1.91. The first-order valence-electron chi connectivity index (χ1n) is 5.42. The molecule has 0 spiro atoms. The number of nitrogens with zero attached hydrogens (tertiary/aromatic N) is 1. The smallest absolute Gasteiger partial charge is 0.122 e. The number of fused-ring (bicyclic) bond motifs is 1. The van der Waals surface area contributed by atoms with E-state index in [0.29, 0.717) is 0 Å². The summed E-state index contributed by atoms with van der Waals surface area (Å²) in [6.07, 6.45) is 2.27. The van der Waals surface area contributed by atoms with Gasteiger partial charge in [0.05, 0.1) is 13.3 Å². The molecule has 0 saturated carbocycles. The van der Waals surface area contributed by atoms with Gasteiger partial charge < -0.3 is 15.0 Å². The SMILES string of the molecule is CNCN(C)c1ccc2c(c1)CCCO2. The molecule has 1 aromatic rings. The second-order valence-electron chi connectivity index (χ2n) is 3.95. The van der Waals surface area contributed by atoms with Crippen LogP contribution in [0.25, 0.3) is 0 Å². The van der Waals surface area contributed by atoms with Crippen LogP contribution in [0.1, 0.15) is 12.0 Å². The van der Waals surface area contributed by atoms with Crippen molar-refractivity contribution in [3.63, 3.8) is 0 Å². The summed E-state index contributed by atoms with van der Waals surface area (Å²) < 4.78 is 5.58. The molecule has 3 nitrogen and oxygen atoms in total. The van der Waals surface area contributed by atoms with Crippen molar-refractivity contribution in [1.29, 1.82) is 0 Å². The molecule has 1 aromatic carbocycles. The quantitative estimate of drug-likeness (QED) is 0.761. The molecule has 1 aliphatic heterocycles. The van der Waals surface area contributed by atoms with Gasteiger partial charge in [0.15, 0.2) is 0 Å². The van der Waals surface area contributed by atoms with Crippen LogP contribution in [-0.4, -0.2) is 27.4 Å². The van der Waals surface area contributed by atoms with Crippen molar-refractivity contribution < 1.29 is 4.74 Å². The van der Waals surface area contributed by atoms with Crippen LogP contribution in [0, 0.1) is 0 Å². The molecule has 0 radical (unpaired) electrons. The first kappa shape index (κ1) is 10.3. The van der Waals surface area contributed by atoms with Gasteiger partial charge in [-0.05, 0) is 43.7 Å². The van der Waals surface area contributed by atoms with E-state index in [1.165, 1.54) is 11.3 Å². The number of ether oxygens (including phenoxy) is 1. The lowest BCUT2D eigenvalue weighted by molar-refractivity contribution is 0.288. The highest BCUT2D eigenvalue weighted by Gasteiger charge is 2.11. The van der Waals surface area contributed by atoms with Gasteiger partial charge in [-0.15, -0.1) is 0 Å². The molecule has 15 heavy (non-hydrogen) atoms. The molecule has 1 N–H and O–H groups in total. The number of aryl methyl sites for hydroxylation is 1. The third kappa shape index (κ3) is 2.23. The van der Waals surface area contributed by atoms with E-state index >= 15 is 0 Å². The maximum atomic E-state index is 5.58. The predicted octanol–water partition coefficient (Wildman–Crippen LogP) is 1.62. The van der Waals surface area contributed by atoms with E-state index in [4.69, 9.17) is 4.74 Å². The highest BCUT2D eigenvalue weighted by atomic mass is 16.5. The minimum absolute atomic E-state index is 0.860. The van der Waals surface area contributed by atoms with Crippen molar-refractivity contribution >= 4 is 5.69 Å². The van der Waals surface area contributed by atoms with Crippen molar-refractivity contribution in [2.45, 2.75) is 12.8 Å². The van der Waals surface area contributed by atoms with E-state index in [9.17, 15) is 0 Å². The molecule has 1 aliphatic rings. The summed E-state index contributed by atoms with van der Waals surface area (Å²) in [6.45, 7) is 1.72. The summed E-state index contributed by atoms with van der Waals surface area (Å²) in [7, 11) is 4.04. The molecule has 0 fully saturated rings. The van der Waals surface area contributed by atoms with Crippen LogP contribution < -0.4 is 15.0 Å². The van der Waals surface area contributed by atoms with Crippen LogP contribution >= 0.6 is 0 Å². The molecule has 0 unspecified atom stereocenters. The molecule has 0 aliphatic carbocycles. The Morgan fingerprint density at radius 3 is 3.13 bits per heavy atom. The Kier molecular flexibility index (Phi) is 3.11. The number of rotatable bonds is 3. The van der Waals surface area contributed by atoms with E-state index < -0.39 is 0 Å². The average Bonchev–Trinajstić information content (AvgIpc) is 2.29. The second kappa shape index (κ2) is 4.53. The Labute approximate surface area is 91.0 Å². The normalized spacial score (nSPS) is 14.3. The summed E-state index contributed by atoms with van der Waals surface area (Å²) in [5, 5.41) is 3.14. The first-order chi connectivity index (χ1) is 7.31. The summed E-state index contributed by atoms with van der Waals surface area (Å²) in [5.74, 6) is 1.06. The van der Waals surface area contributed by atoms with Crippen LogP contribution in [0.3, 0.4) is 0 Å². The Bertz CT molecular complexity index is 338. The van der Waals surface area contributed by atoms with Gasteiger partial charge in [0, 0.05) is 12.7 Å². The Morgan fingerprint density at radius 2 is 2.33 bits per heavy atom. The van der Waals surface area contributed by atoms with Gasteiger partial charge >= 0.3 is 0 Å². The molecule has 0 atom stereocenters. The first-order valence-corrected chi connectivity index (χ1v) is 5.42. The van der Waals surface area contributed by atoms with Gasteiger partial charge in [-0.3, -0.25) is 0 Å². The minimum atomic E-state index is 0.860. The molecule has 2 rings (SSSR count). The second-order valence-corrected chi connectivity index (χ2v) is 3.95. The predicted molar refractivity (Wildman–Crippen MR) is 62.6 cm³/mol. The van der Waals surface area contributed by atoms with Gasteiger partial charge in [-0.25, -0.2) is 0 Å². The third-order valence-electron chi connectivity index (χ3n) is 2.73.